The number of ether oxygens (including phenoxy) is 2. The van der Waals surface area contributed by atoms with Crippen LogP contribution < -0.4 is 0 Å². The zero-order chi connectivity index (χ0) is 23.6. The Morgan fingerprint density at radius 1 is 0.824 bits per heavy atom. The monoisotopic (exact) mass is 457 g/mol. The summed E-state index contributed by atoms with van der Waals surface area (Å²) in [4.78, 5) is 26.7. The standard InChI is InChI=1S/C29H31NO4/c31-27(21-33-22-28(32)34-20-23-11-4-1-5-12-23)30-18-10-17-26(19-30)29(24-13-6-2-7-14-24)25-15-8-3-9-16-25/h1-9,11-16,26,29H,10,17-22H2. The van der Waals surface area contributed by atoms with Gasteiger partial charge in [-0.15, -0.1) is 0 Å². The minimum atomic E-state index is -0.471. The summed E-state index contributed by atoms with van der Waals surface area (Å²) < 4.78 is 10.6. The Balaban J connectivity index is 1.30. The largest absolute Gasteiger partial charge is 0.459 e. The van der Waals surface area contributed by atoms with Gasteiger partial charge in [-0.25, -0.2) is 4.79 Å². The third-order valence-corrected chi connectivity index (χ3v) is 6.29. The first kappa shape index (κ1) is 23.7. The van der Waals surface area contributed by atoms with Gasteiger partial charge >= 0.3 is 5.97 Å². The molecule has 34 heavy (non-hydrogen) atoms. The number of carbonyl (C=O) groups is 2. The van der Waals surface area contributed by atoms with Crippen molar-refractivity contribution >= 4 is 11.9 Å². The third-order valence-electron chi connectivity index (χ3n) is 6.29. The molecule has 3 aromatic carbocycles. The Kier molecular flexibility index (Phi) is 8.47. The van der Waals surface area contributed by atoms with Crippen molar-refractivity contribution in [3.63, 3.8) is 0 Å². The van der Waals surface area contributed by atoms with Crippen molar-refractivity contribution in [3.05, 3.63) is 108 Å². The Labute approximate surface area is 201 Å². The van der Waals surface area contributed by atoms with Gasteiger partial charge < -0.3 is 14.4 Å². The van der Waals surface area contributed by atoms with Gasteiger partial charge in [0.1, 0.15) is 19.8 Å². The SMILES string of the molecule is O=C(COCC(=O)N1CCCC(C(c2ccccc2)c2ccccc2)C1)OCc1ccccc1. The molecule has 0 radical (unpaired) electrons. The van der Waals surface area contributed by atoms with E-state index in [0.717, 1.165) is 18.4 Å². The predicted octanol–water partition coefficient (Wildman–Crippen LogP) is 4.82. The van der Waals surface area contributed by atoms with E-state index in [1.165, 1.54) is 11.1 Å². The molecule has 1 amide bonds. The van der Waals surface area contributed by atoms with E-state index in [0.29, 0.717) is 19.0 Å². The van der Waals surface area contributed by atoms with Crippen LogP contribution in [0, 0.1) is 5.92 Å². The molecule has 176 valence electrons. The minimum absolute atomic E-state index is 0.0829. The van der Waals surface area contributed by atoms with Gasteiger partial charge in [-0.1, -0.05) is 91.0 Å². The minimum Gasteiger partial charge on any atom is -0.459 e. The van der Waals surface area contributed by atoms with E-state index in [4.69, 9.17) is 9.47 Å². The fourth-order valence-corrected chi connectivity index (χ4v) is 4.66. The number of esters is 1. The number of carbonyl (C=O) groups excluding carboxylic acids is 2. The summed E-state index contributed by atoms with van der Waals surface area (Å²) in [6.07, 6.45) is 2.01. The summed E-state index contributed by atoms with van der Waals surface area (Å²) in [6, 6.07) is 30.5. The second kappa shape index (κ2) is 12.1. The van der Waals surface area contributed by atoms with Gasteiger partial charge in [0.2, 0.25) is 5.91 Å². The lowest BCUT2D eigenvalue weighted by Gasteiger charge is -2.37. The van der Waals surface area contributed by atoms with Crippen molar-refractivity contribution in [3.8, 4) is 0 Å². The van der Waals surface area contributed by atoms with E-state index in [2.05, 4.69) is 48.5 Å². The maximum Gasteiger partial charge on any atom is 0.332 e. The highest BCUT2D eigenvalue weighted by Crippen LogP contribution is 2.37. The van der Waals surface area contributed by atoms with Crippen LogP contribution in [0.25, 0.3) is 0 Å². The molecular weight excluding hydrogens is 426 g/mol. The average Bonchev–Trinajstić information content (AvgIpc) is 2.90. The summed E-state index contributed by atoms with van der Waals surface area (Å²) in [5.41, 5.74) is 3.45. The number of hydrogen-bond acceptors (Lipinski definition) is 4. The first-order chi connectivity index (χ1) is 16.7. The number of hydrogen-bond donors (Lipinski definition) is 0. The van der Waals surface area contributed by atoms with Crippen LogP contribution in [0.3, 0.4) is 0 Å². The van der Waals surface area contributed by atoms with Gasteiger partial charge in [0, 0.05) is 19.0 Å². The van der Waals surface area contributed by atoms with Gasteiger partial charge in [-0.05, 0) is 35.4 Å². The Morgan fingerprint density at radius 3 is 2.03 bits per heavy atom. The molecule has 0 bridgehead atoms. The van der Waals surface area contributed by atoms with Gasteiger partial charge in [0.15, 0.2) is 0 Å². The zero-order valence-corrected chi connectivity index (χ0v) is 19.3. The second-order valence-corrected chi connectivity index (χ2v) is 8.68. The van der Waals surface area contributed by atoms with Crippen LogP contribution in [0.5, 0.6) is 0 Å². The Bertz CT molecular complexity index is 1000. The van der Waals surface area contributed by atoms with Crippen LogP contribution in [0.4, 0.5) is 0 Å². The summed E-state index contributed by atoms with van der Waals surface area (Å²) >= 11 is 0. The van der Waals surface area contributed by atoms with Crippen molar-refractivity contribution < 1.29 is 19.1 Å². The number of piperidine rings is 1. The summed E-state index contributed by atoms with van der Waals surface area (Å²) in [5.74, 6) is -0.00736. The fourth-order valence-electron chi connectivity index (χ4n) is 4.66. The molecule has 0 aromatic heterocycles. The highest BCUT2D eigenvalue weighted by atomic mass is 16.6. The normalized spacial score (nSPS) is 15.8. The van der Waals surface area contributed by atoms with Crippen LogP contribution in [0.2, 0.25) is 0 Å². The number of rotatable bonds is 9. The molecule has 0 aliphatic carbocycles. The lowest BCUT2D eigenvalue weighted by molar-refractivity contribution is -0.152. The topological polar surface area (TPSA) is 55.8 Å². The molecule has 0 spiro atoms. The second-order valence-electron chi connectivity index (χ2n) is 8.68. The molecule has 5 nitrogen and oxygen atoms in total. The maximum atomic E-state index is 12.8. The van der Waals surface area contributed by atoms with Crippen molar-refractivity contribution in [2.24, 2.45) is 5.92 Å². The number of amides is 1. The third kappa shape index (κ3) is 6.55. The Morgan fingerprint density at radius 2 is 1.41 bits per heavy atom. The molecule has 1 heterocycles. The zero-order valence-electron chi connectivity index (χ0n) is 19.3. The molecule has 0 saturated carbocycles. The molecule has 5 heteroatoms. The van der Waals surface area contributed by atoms with Crippen LogP contribution in [0.15, 0.2) is 91.0 Å². The Hall–Kier alpha value is -3.44. The highest BCUT2D eigenvalue weighted by molar-refractivity contribution is 5.78. The van der Waals surface area contributed by atoms with Crippen molar-refractivity contribution in [2.75, 3.05) is 26.3 Å². The lowest BCUT2D eigenvalue weighted by Crippen LogP contribution is -2.43. The van der Waals surface area contributed by atoms with E-state index in [1.54, 1.807) is 0 Å². The molecule has 1 aliphatic heterocycles. The van der Waals surface area contributed by atoms with Gasteiger partial charge in [-0.2, -0.15) is 0 Å². The molecule has 1 saturated heterocycles. The molecule has 1 unspecified atom stereocenters. The lowest BCUT2D eigenvalue weighted by atomic mass is 9.77. The number of likely N-dealkylation sites (tertiary alicyclic amines) is 1. The van der Waals surface area contributed by atoms with Gasteiger partial charge in [0.25, 0.3) is 0 Å². The van der Waals surface area contributed by atoms with E-state index >= 15 is 0 Å². The highest BCUT2D eigenvalue weighted by Gasteiger charge is 2.31. The van der Waals surface area contributed by atoms with E-state index in [-0.39, 0.29) is 31.6 Å². The summed E-state index contributed by atoms with van der Waals surface area (Å²) in [6.45, 7) is 1.24. The van der Waals surface area contributed by atoms with E-state index < -0.39 is 5.97 Å². The van der Waals surface area contributed by atoms with Crippen molar-refractivity contribution in [1.29, 1.82) is 0 Å². The fraction of sp³-hybridized carbons (Fsp3) is 0.310. The van der Waals surface area contributed by atoms with Crippen LogP contribution in [-0.4, -0.2) is 43.1 Å². The first-order valence-corrected chi connectivity index (χ1v) is 11.9. The van der Waals surface area contributed by atoms with E-state index in [1.807, 2.05) is 47.4 Å². The summed E-state index contributed by atoms with van der Waals surface area (Å²) in [7, 11) is 0. The molecule has 3 aromatic rings. The first-order valence-electron chi connectivity index (χ1n) is 11.9. The molecule has 0 N–H and O–H groups in total. The molecule has 1 fully saturated rings. The predicted molar refractivity (Wildman–Crippen MR) is 131 cm³/mol. The van der Waals surface area contributed by atoms with Gasteiger partial charge in [0.05, 0.1) is 0 Å². The molecule has 4 rings (SSSR count). The van der Waals surface area contributed by atoms with Crippen LogP contribution >= 0.6 is 0 Å². The molecule has 1 aliphatic rings. The summed E-state index contributed by atoms with van der Waals surface area (Å²) in [5, 5.41) is 0. The van der Waals surface area contributed by atoms with Crippen molar-refractivity contribution in [1.82, 2.24) is 4.90 Å². The quantitative estimate of drug-likeness (QED) is 0.433. The van der Waals surface area contributed by atoms with Crippen LogP contribution in [-0.2, 0) is 25.7 Å². The molecule has 1 atom stereocenters. The smallest absolute Gasteiger partial charge is 0.332 e. The van der Waals surface area contributed by atoms with E-state index in [9.17, 15) is 9.59 Å². The number of benzene rings is 3. The maximum absolute atomic E-state index is 12.8. The van der Waals surface area contributed by atoms with Gasteiger partial charge in [-0.3, -0.25) is 4.79 Å². The van der Waals surface area contributed by atoms with Crippen molar-refractivity contribution in [2.45, 2.75) is 25.4 Å². The molecular formula is C29H31NO4. The number of nitrogens with zero attached hydrogens (tertiary/aromatic N) is 1. The van der Waals surface area contributed by atoms with Crippen LogP contribution in [0.1, 0.15) is 35.4 Å². The average molecular weight is 458 g/mol.